The van der Waals surface area contributed by atoms with Gasteiger partial charge < -0.3 is 11.1 Å². The molecule has 0 spiro atoms. The van der Waals surface area contributed by atoms with Crippen LogP contribution >= 0.6 is 12.4 Å². The summed E-state index contributed by atoms with van der Waals surface area (Å²) in [6, 6.07) is 5.30. The van der Waals surface area contributed by atoms with E-state index in [1.165, 1.54) is 6.07 Å². The number of nitrogens with zero attached hydrogens (tertiary/aromatic N) is 1. The Bertz CT molecular complexity index is 755. The number of piperidine rings is 1. The fraction of sp³-hybridized carbons (Fsp3) is 0.632. The molecule has 2 aliphatic rings. The molecule has 1 amide bonds. The Kier molecular flexibility index (Phi) is 7.68. The van der Waals surface area contributed by atoms with Gasteiger partial charge in [-0.25, -0.2) is 8.42 Å². The third kappa shape index (κ3) is 5.22. The number of nitrogens with one attached hydrogen (secondary N) is 1. The molecular weight excluding hydrogens is 386 g/mol. The largest absolute Gasteiger partial charge is 0.349 e. The maximum Gasteiger partial charge on any atom is 0.251 e. The third-order valence-electron chi connectivity index (χ3n) is 5.49. The van der Waals surface area contributed by atoms with Crippen LogP contribution in [-0.4, -0.2) is 43.8 Å². The first-order valence-electron chi connectivity index (χ1n) is 9.55. The molecule has 1 heterocycles. The maximum absolute atomic E-state index is 13.0. The van der Waals surface area contributed by atoms with Crippen LogP contribution in [0, 0.1) is 6.92 Å². The number of sulfonamides is 1. The van der Waals surface area contributed by atoms with Gasteiger partial charge in [-0.3, -0.25) is 4.79 Å². The maximum atomic E-state index is 13.0. The fourth-order valence-electron chi connectivity index (χ4n) is 3.80. The number of carbonyl (C=O) groups is 1. The van der Waals surface area contributed by atoms with Crippen LogP contribution in [0.5, 0.6) is 0 Å². The zero-order valence-corrected chi connectivity index (χ0v) is 17.4. The van der Waals surface area contributed by atoms with Gasteiger partial charge in [0.15, 0.2) is 0 Å². The van der Waals surface area contributed by atoms with Gasteiger partial charge in [-0.1, -0.05) is 12.5 Å². The minimum absolute atomic E-state index is 0. The monoisotopic (exact) mass is 415 g/mol. The van der Waals surface area contributed by atoms with Gasteiger partial charge >= 0.3 is 0 Å². The summed E-state index contributed by atoms with van der Waals surface area (Å²) in [5.74, 6) is -0.208. The fourth-order valence-corrected chi connectivity index (χ4v) is 5.56. The van der Waals surface area contributed by atoms with Crippen molar-refractivity contribution in [2.45, 2.75) is 68.8 Å². The summed E-state index contributed by atoms with van der Waals surface area (Å²) in [5, 5.41) is 3.03. The summed E-state index contributed by atoms with van der Waals surface area (Å²) in [6.45, 7) is 2.89. The molecule has 27 heavy (non-hydrogen) atoms. The standard InChI is InChI=1S/C19H29N3O3S.ClH/c1-14-5-6-15(19(23)21-17-9-7-16(20)8-10-17)13-18(14)26(24,25)22-11-3-2-4-12-22;/h5-6,13,16-17H,2-4,7-12,20H2,1H3,(H,21,23);1H. The minimum Gasteiger partial charge on any atom is -0.349 e. The number of benzene rings is 1. The van der Waals surface area contributed by atoms with Crippen molar-refractivity contribution < 1.29 is 13.2 Å². The normalized spacial score (nSPS) is 24.1. The van der Waals surface area contributed by atoms with Crippen molar-refractivity contribution in [3.63, 3.8) is 0 Å². The van der Waals surface area contributed by atoms with E-state index in [2.05, 4.69) is 5.32 Å². The lowest BCUT2D eigenvalue weighted by atomic mass is 9.91. The van der Waals surface area contributed by atoms with Crippen LogP contribution < -0.4 is 11.1 Å². The molecular formula is C19H30ClN3O3S. The van der Waals surface area contributed by atoms with Crippen molar-refractivity contribution in [2.75, 3.05) is 13.1 Å². The Morgan fingerprint density at radius 3 is 2.37 bits per heavy atom. The van der Waals surface area contributed by atoms with Crippen LogP contribution in [0.4, 0.5) is 0 Å². The van der Waals surface area contributed by atoms with E-state index in [0.717, 1.165) is 44.9 Å². The molecule has 1 aliphatic heterocycles. The number of nitrogens with two attached hydrogens (primary N) is 1. The molecule has 3 N–H and O–H groups in total. The van der Waals surface area contributed by atoms with Crippen LogP contribution in [-0.2, 0) is 10.0 Å². The minimum atomic E-state index is -3.55. The first-order chi connectivity index (χ1) is 12.4. The zero-order chi connectivity index (χ0) is 18.7. The number of amides is 1. The van der Waals surface area contributed by atoms with E-state index in [0.29, 0.717) is 24.2 Å². The SMILES string of the molecule is Cc1ccc(C(=O)NC2CCC(N)CC2)cc1S(=O)(=O)N1CCCCC1.Cl. The summed E-state index contributed by atoms with van der Waals surface area (Å²) in [6.07, 6.45) is 6.42. The zero-order valence-electron chi connectivity index (χ0n) is 15.8. The Labute approximate surface area is 168 Å². The number of hydrogen-bond acceptors (Lipinski definition) is 4. The first-order valence-corrected chi connectivity index (χ1v) is 11.0. The van der Waals surface area contributed by atoms with Gasteiger partial charge in [0.2, 0.25) is 10.0 Å². The smallest absolute Gasteiger partial charge is 0.251 e. The van der Waals surface area contributed by atoms with Gasteiger partial charge in [0.25, 0.3) is 5.91 Å². The highest BCUT2D eigenvalue weighted by Crippen LogP contribution is 2.25. The lowest BCUT2D eigenvalue weighted by Crippen LogP contribution is -2.40. The number of carbonyl (C=O) groups excluding carboxylic acids is 1. The molecule has 6 nitrogen and oxygen atoms in total. The van der Waals surface area contributed by atoms with E-state index in [4.69, 9.17) is 5.73 Å². The molecule has 1 aromatic rings. The average Bonchev–Trinajstić information content (AvgIpc) is 2.64. The topological polar surface area (TPSA) is 92.5 Å². The van der Waals surface area contributed by atoms with E-state index in [-0.39, 0.29) is 35.3 Å². The van der Waals surface area contributed by atoms with Crippen molar-refractivity contribution in [2.24, 2.45) is 5.73 Å². The molecule has 1 saturated carbocycles. The van der Waals surface area contributed by atoms with E-state index >= 15 is 0 Å². The number of hydrogen-bond donors (Lipinski definition) is 2. The van der Waals surface area contributed by atoms with Crippen LogP contribution in [0.1, 0.15) is 60.9 Å². The average molecular weight is 416 g/mol. The Hall–Kier alpha value is -1.15. The summed E-state index contributed by atoms with van der Waals surface area (Å²) >= 11 is 0. The molecule has 0 unspecified atom stereocenters. The van der Waals surface area contributed by atoms with Gasteiger partial charge in [-0.05, 0) is 63.1 Å². The molecule has 0 radical (unpaired) electrons. The second kappa shape index (κ2) is 9.37. The molecule has 1 aromatic carbocycles. The van der Waals surface area contributed by atoms with E-state index in [9.17, 15) is 13.2 Å². The van der Waals surface area contributed by atoms with Crippen LogP contribution in [0.2, 0.25) is 0 Å². The molecule has 2 fully saturated rings. The molecule has 1 saturated heterocycles. The predicted octanol–water partition coefficient (Wildman–Crippen LogP) is 2.59. The first kappa shape index (κ1) is 22.1. The molecule has 0 bridgehead atoms. The van der Waals surface area contributed by atoms with Gasteiger partial charge in [-0.2, -0.15) is 4.31 Å². The van der Waals surface area contributed by atoms with Crippen LogP contribution in [0.3, 0.4) is 0 Å². The second-order valence-corrected chi connectivity index (χ2v) is 9.44. The lowest BCUT2D eigenvalue weighted by molar-refractivity contribution is 0.0925. The quantitative estimate of drug-likeness (QED) is 0.790. The summed E-state index contributed by atoms with van der Waals surface area (Å²) in [7, 11) is -3.55. The van der Waals surface area contributed by atoms with Crippen molar-refractivity contribution in [1.29, 1.82) is 0 Å². The second-order valence-electron chi connectivity index (χ2n) is 7.53. The Balaban J connectivity index is 0.00000261. The highest BCUT2D eigenvalue weighted by Gasteiger charge is 2.28. The lowest BCUT2D eigenvalue weighted by Gasteiger charge is -2.27. The Morgan fingerprint density at radius 2 is 1.74 bits per heavy atom. The van der Waals surface area contributed by atoms with Gasteiger partial charge in [-0.15, -0.1) is 12.4 Å². The molecule has 3 rings (SSSR count). The van der Waals surface area contributed by atoms with Crippen LogP contribution in [0.15, 0.2) is 23.1 Å². The van der Waals surface area contributed by atoms with Gasteiger partial charge in [0.05, 0.1) is 4.90 Å². The Morgan fingerprint density at radius 1 is 1.11 bits per heavy atom. The van der Waals surface area contributed by atoms with E-state index < -0.39 is 10.0 Å². The van der Waals surface area contributed by atoms with Crippen molar-refractivity contribution >= 4 is 28.3 Å². The molecule has 8 heteroatoms. The summed E-state index contributed by atoms with van der Waals surface area (Å²) < 4.78 is 27.5. The summed E-state index contributed by atoms with van der Waals surface area (Å²) in [4.78, 5) is 12.9. The predicted molar refractivity (Wildman–Crippen MR) is 109 cm³/mol. The van der Waals surface area contributed by atoms with Gasteiger partial charge in [0, 0.05) is 30.7 Å². The highest BCUT2D eigenvalue weighted by atomic mass is 35.5. The van der Waals surface area contributed by atoms with Crippen molar-refractivity contribution in [3.05, 3.63) is 29.3 Å². The number of rotatable bonds is 4. The molecule has 152 valence electrons. The molecule has 0 atom stereocenters. The molecule has 1 aliphatic carbocycles. The van der Waals surface area contributed by atoms with E-state index in [1.807, 2.05) is 0 Å². The third-order valence-corrected chi connectivity index (χ3v) is 7.53. The van der Waals surface area contributed by atoms with Crippen LogP contribution in [0.25, 0.3) is 0 Å². The van der Waals surface area contributed by atoms with Crippen molar-refractivity contribution in [3.8, 4) is 0 Å². The number of halogens is 1. The number of aryl methyl sites for hydroxylation is 1. The van der Waals surface area contributed by atoms with E-state index in [1.54, 1.807) is 23.4 Å². The summed E-state index contributed by atoms with van der Waals surface area (Å²) in [5.41, 5.74) is 6.99. The highest BCUT2D eigenvalue weighted by molar-refractivity contribution is 7.89. The molecule has 0 aromatic heterocycles. The van der Waals surface area contributed by atoms with Crippen molar-refractivity contribution in [1.82, 2.24) is 9.62 Å². The van der Waals surface area contributed by atoms with Gasteiger partial charge in [0.1, 0.15) is 0 Å².